The summed E-state index contributed by atoms with van der Waals surface area (Å²) in [4.78, 5) is 37.5. The number of hydrogen-bond acceptors (Lipinski definition) is 4. The van der Waals surface area contributed by atoms with Crippen molar-refractivity contribution < 1.29 is 19.1 Å². The summed E-state index contributed by atoms with van der Waals surface area (Å²) in [5, 5.41) is 2.67. The second kappa shape index (κ2) is 7.17. The van der Waals surface area contributed by atoms with Crippen LogP contribution in [0.4, 0.5) is 11.4 Å². The summed E-state index contributed by atoms with van der Waals surface area (Å²) in [5.41, 5.74) is 1.71. The molecular formula is C19H18N2O4. The summed E-state index contributed by atoms with van der Waals surface area (Å²) in [6, 6.07) is 14.1. The lowest BCUT2D eigenvalue weighted by Gasteiger charge is -2.18. The van der Waals surface area contributed by atoms with E-state index in [2.05, 4.69) is 5.32 Å². The SMILES string of the molecule is CN(C(=O)CCC(=O)c1ccc2c(c1)NC(=O)CO2)c1ccccc1. The van der Waals surface area contributed by atoms with Gasteiger partial charge in [-0.3, -0.25) is 14.4 Å². The minimum absolute atomic E-state index is 0.0272. The van der Waals surface area contributed by atoms with Gasteiger partial charge in [0.15, 0.2) is 12.4 Å². The van der Waals surface area contributed by atoms with Crippen molar-refractivity contribution in [1.29, 1.82) is 0 Å². The Kier molecular flexibility index (Phi) is 4.79. The number of carbonyl (C=O) groups is 3. The van der Waals surface area contributed by atoms with Crippen LogP contribution in [0.5, 0.6) is 5.75 Å². The molecule has 1 N–H and O–H groups in total. The van der Waals surface area contributed by atoms with Gasteiger partial charge in [-0.2, -0.15) is 0 Å². The lowest BCUT2D eigenvalue weighted by molar-refractivity contribution is -0.119. The van der Waals surface area contributed by atoms with E-state index < -0.39 is 0 Å². The van der Waals surface area contributed by atoms with Crippen LogP contribution in [0.1, 0.15) is 23.2 Å². The molecule has 1 heterocycles. The van der Waals surface area contributed by atoms with Crippen molar-refractivity contribution in [3.05, 3.63) is 54.1 Å². The van der Waals surface area contributed by atoms with Gasteiger partial charge in [-0.25, -0.2) is 0 Å². The Morgan fingerprint density at radius 1 is 1.12 bits per heavy atom. The van der Waals surface area contributed by atoms with Gasteiger partial charge in [0.1, 0.15) is 5.75 Å². The molecule has 0 spiro atoms. The van der Waals surface area contributed by atoms with Crippen molar-refractivity contribution in [2.45, 2.75) is 12.8 Å². The zero-order valence-electron chi connectivity index (χ0n) is 13.8. The highest BCUT2D eigenvalue weighted by Crippen LogP contribution is 2.29. The quantitative estimate of drug-likeness (QED) is 0.851. The molecule has 1 aliphatic rings. The summed E-state index contributed by atoms with van der Waals surface area (Å²) >= 11 is 0. The molecule has 2 aromatic rings. The third-order valence-electron chi connectivity index (χ3n) is 4.02. The predicted molar refractivity (Wildman–Crippen MR) is 94.0 cm³/mol. The van der Waals surface area contributed by atoms with Gasteiger partial charge in [0.25, 0.3) is 5.91 Å². The number of amides is 2. The Balaban J connectivity index is 1.62. The van der Waals surface area contributed by atoms with E-state index in [1.165, 1.54) is 4.90 Å². The van der Waals surface area contributed by atoms with Gasteiger partial charge in [-0.1, -0.05) is 18.2 Å². The largest absolute Gasteiger partial charge is 0.482 e. The third-order valence-corrected chi connectivity index (χ3v) is 4.02. The first kappa shape index (κ1) is 16.7. The zero-order chi connectivity index (χ0) is 17.8. The maximum Gasteiger partial charge on any atom is 0.262 e. The number of rotatable bonds is 5. The number of fused-ring (bicyclic) bond motifs is 1. The lowest BCUT2D eigenvalue weighted by Crippen LogP contribution is -2.26. The molecule has 0 atom stereocenters. The predicted octanol–water partition coefficient (Wildman–Crippen LogP) is 2.64. The number of nitrogens with zero attached hydrogens (tertiary/aromatic N) is 1. The maximum absolute atomic E-state index is 12.4. The zero-order valence-corrected chi connectivity index (χ0v) is 13.8. The topological polar surface area (TPSA) is 75.7 Å². The number of benzene rings is 2. The van der Waals surface area contributed by atoms with E-state index in [0.29, 0.717) is 17.0 Å². The molecule has 0 aliphatic carbocycles. The molecule has 3 rings (SSSR count). The van der Waals surface area contributed by atoms with Gasteiger partial charge in [0.2, 0.25) is 5.91 Å². The number of ketones is 1. The average Bonchev–Trinajstić information content (AvgIpc) is 2.65. The van der Waals surface area contributed by atoms with E-state index in [1.807, 2.05) is 30.3 Å². The summed E-state index contributed by atoms with van der Waals surface area (Å²) in [7, 11) is 1.69. The first-order valence-corrected chi connectivity index (χ1v) is 7.96. The fourth-order valence-electron chi connectivity index (χ4n) is 2.58. The molecule has 2 amide bonds. The van der Waals surface area contributed by atoms with Gasteiger partial charge >= 0.3 is 0 Å². The number of ether oxygens (including phenoxy) is 1. The smallest absolute Gasteiger partial charge is 0.262 e. The van der Waals surface area contributed by atoms with Crippen molar-refractivity contribution in [2.75, 3.05) is 23.9 Å². The first-order valence-electron chi connectivity index (χ1n) is 7.96. The van der Waals surface area contributed by atoms with Crippen LogP contribution < -0.4 is 15.0 Å². The highest BCUT2D eigenvalue weighted by Gasteiger charge is 2.19. The Morgan fingerprint density at radius 2 is 1.88 bits per heavy atom. The fourth-order valence-corrected chi connectivity index (χ4v) is 2.58. The highest BCUT2D eigenvalue weighted by atomic mass is 16.5. The van der Waals surface area contributed by atoms with Crippen molar-refractivity contribution >= 4 is 29.0 Å². The molecule has 6 heteroatoms. The van der Waals surface area contributed by atoms with Crippen LogP contribution in [-0.4, -0.2) is 31.3 Å². The van der Waals surface area contributed by atoms with Crippen molar-refractivity contribution in [3.63, 3.8) is 0 Å². The number of nitrogens with one attached hydrogen (secondary N) is 1. The van der Waals surface area contributed by atoms with Crippen molar-refractivity contribution in [2.24, 2.45) is 0 Å². The second-order valence-electron chi connectivity index (χ2n) is 5.76. The minimum Gasteiger partial charge on any atom is -0.482 e. The van der Waals surface area contributed by atoms with Crippen LogP contribution in [0.2, 0.25) is 0 Å². The molecule has 0 saturated heterocycles. The van der Waals surface area contributed by atoms with Gasteiger partial charge < -0.3 is 15.0 Å². The first-order chi connectivity index (χ1) is 12.0. The van der Waals surface area contributed by atoms with Crippen molar-refractivity contribution in [1.82, 2.24) is 0 Å². The average molecular weight is 338 g/mol. The van der Waals surface area contributed by atoms with Gasteiger partial charge in [0.05, 0.1) is 5.69 Å². The molecule has 25 heavy (non-hydrogen) atoms. The van der Waals surface area contributed by atoms with Gasteiger partial charge in [-0.05, 0) is 30.3 Å². The standard InChI is InChI=1S/C19H18N2O4/c1-21(14-5-3-2-4-6-14)19(24)10-8-16(22)13-7-9-17-15(11-13)20-18(23)12-25-17/h2-7,9,11H,8,10,12H2,1H3,(H,20,23). The van der Waals surface area contributed by atoms with E-state index in [-0.39, 0.29) is 37.0 Å². The number of anilines is 2. The minimum atomic E-state index is -0.253. The van der Waals surface area contributed by atoms with Crippen LogP contribution >= 0.6 is 0 Å². The van der Waals surface area contributed by atoms with E-state index >= 15 is 0 Å². The molecule has 0 aromatic heterocycles. The normalized spacial score (nSPS) is 12.6. The van der Waals surface area contributed by atoms with E-state index in [9.17, 15) is 14.4 Å². The molecule has 1 aliphatic heterocycles. The van der Waals surface area contributed by atoms with Crippen LogP contribution in [0.3, 0.4) is 0 Å². The Hall–Kier alpha value is -3.15. The summed E-state index contributed by atoms with van der Waals surface area (Å²) in [6.07, 6.45) is 0.216. The molecule has 0 fully saturated rings. The monoisotopic (exact) mass is 338 g/mol. The maximum atomic E-state index is 12.4. The Bertz CT molecular complexity index is 817. The molecule has 0 bridgehead atoms. The summed E-state index contributed by atoms with van der Waals surface area (Å²) in [6.45, 7) is -0.0272. The number of para-hydroxylation sites is 1. The molecule has 0 radical (unpaired) electrons. The molecular weight excluding hydrogens is 320 g/mol. The van der Waals surface area contributed by atoms with E-state index in [4.69, 9.17) is 4.74 Å². The van der Waals surface area contributed by atoms with Crippen LogP contribution in [0, 0.1) is 0 Å². The van der Waals surface area contributed by atoms with E-state index in [1.54, 1.807) is 25.2 Å². The molecule has 0 saturated carbocycles. The Morgan fingerprint density at radius 3 is 2.64 bits per heavy atom. The number of carbonyl (C=O) groups excluding carboxylic acids is 3. The van der Waals surface area contributed by atoms with Crippen LogP contribution in [-0.2, 0) is 9.59 Å². The molecule has 128 valence electrons. The summed E-state index contributed by atoms with van der Waals surface area (Å²) < 4.78 is 5.26. The number of hydrogen-bond donors (Lipinski definition) is 1. The fraction of sp³-hybridized carbons (Fsp3) is 0.211. The summed E-state index contributed by atoms with van der Waals surface area (Å²) in [5.74, 6) is -0.000574. The van der Waals surface area contributed by atoms with E-state index in [0.717, 1.165) is 5.69 Å². The highest BCUT2D eigenvalue weighted by molar-refractivity contribution is 6.03. The molecule has 0 unspecified atom stereocenters. The van der Waals surface area contributed by atoms with Crippen LogP contribution in [0.25, 0.3) is 0 Å². The van der Waals surface area contributed by atoms with Gasteiger partial charge in [-0.15, -0.1) is 0 Å². The Labute approximate surface area is 145 Å². The lowest BCUT2D eigenvalue weighted by atomic mass is 10.0. The van der Waals surface area contributed by atoms with Gasteiger partial charge in [0, 0.05) is 31.1 Å². The number of Topliss-reactive ketones (excluding diaryl/α,β-unsaturated/α-hetero) is 1. The van der Waals surface area contributed by atoms with Crippen molar-refractivity contribution in [3.8, 4) is 5.75 Å². The molecule has 6 nitrogen and oxygen atoms in total. The van der Waals surface area contributed by atoms with Crippen LogP contribution in [0.15, 0.2) is 48.5 Å². The second-order valence-corrected chi connectivity index (χ2v) is 5.76. The third kappa shape index (κ3) is 3.85. The molecule has 2 aromatic carbocycles.